The monoisotopic (exact) mass is 230 g/mol. The minimum absolute atomic E-state index is 0.483. The van der Waals surface area contributed by atoms with E-state index in [-0.39, 0.29) is 0 Å². The number of halogens is 2. The second kappa shape index (κ2) is 5.80. The van der Waals surface area contributed by atoms with Crippen LogP contribution in [0.15, 0.2) is 24.3 Å². The predicted octanol–water partition coefficient (Wildman–Crippen LogP) is 3.02. The zero-order valence-electron chi connectivity index (χ0n) is 9.36. The Balaban J connectivity index is 2.73. The molecule has 4 heteroatoms. The van der Waals surface area contributed by atoms with Crippen LogP contribution in [-0.2, 0) is 0 Å². The van der Waals surface area contributed by atoms with Crippen molar-refractivity contribution in [2.45, 2.75) is 26.4 Å². The smallest absolute Gasteiger partial charge is 0.243 e. The average molecular weight is 230 g/mol. The van der Waals surface area contributed by atoms with Crippen molar-refractivity contribution in [1.29, 1.82) is 0 Å². The molecule has 0 bridgehead atoms. The van der Waals surface area contributed by atoms with E-state index in [0.29, 0.717) is 17.9 Å². The van der Waals surface area contributed by atoms with Crippen molar-refractivity contribution in [3.8, 4) is 5.75 Å². The Bertz CT molecular complexity index is 311. The summed E-state index contributed by atoms with van der Waals surface area (Å²) in [5, 5.41) is 9.66. The summed E-state index contributed by atoms with van der Waals surface area (Å²) >= 11 is 0. The van der Waals surface area contributed by atoms with Crippen LogP contribution in [0.25, 0.3) is 0 Å². The highest BCUT2D eigenvalue weighted by Crippen LogP contribution is 2.27. The van der Waals surface area contributed by atoms with Gasteiger partial charge < -0.3 is 9.84 Å². The molecule has 2 nitrogen and oxygen atoms in total. The van der Waals surface area contributed by atoms with E-state index in [1.807, 2.05) is 6.92 Å². The van der Waals surface area contributed by atoms with Crippen molar-refractivity contribution in [2.75, 3.05) is 6.61 Å². The van der Waals surface area contributed by atoms with Gasteiger partial charge in [-0.25, -0.2) is 8.78 Å². The molecule has 1 aromatic rings. The summed E-state index contributed by atoms with van der Waals surface area (Å²) in [6.07, 6.45) is -3.67. The zero-order chi connectivity index (χ0) is 12.1. The van der Waals surface area contributed by atoms with E-state index in [1.165, 1.54) is 6.92 Å². The maximum Gasteiger partial charge on any atom is 0.243 e. The highest BCUT2D eigenvalue weighted by Gasteiger charge is 2.24. The van der Waals surface area contributed by atoms with Crippen LogP contribution >= 0.6 is 0 Å². The second-order valence-corrected chi connectivity index (χ2v) is 3.64. The minimum Gasteiger partial charge on any atom is -0.494 e. The van der Waals surface area contributed by atoms with Gasteiger partial charge in [0.25, 0.3) is 0 Å². The van der Waals surface area contributed by atoms with Crippen molar-refractivity contribution < 1.29 is 18.6 Å². The van der Waals surface area contributed by atoms with E-state index in [9.17, 15) is 13.9 Å². The first-order valence-corrected chi connectivity index (χ1v) is 5.25. The van der Waals surface area contributed by atoms with Crippen molar-refractivity contribution in [1.82, 2.24) is 0 Å². The Kier molecular flexibility index (Phi) is 4.68. The summed E-state index contributed by atoms with van der Waals surface area (Å²) in [4.78, 5) is 0. The topological polar surface area (TPSA) is 29.5 Å². The number of hydrogen-bond acceptors (Lipinski definition) is 2. The number of hydrogen-bond donors (Lipinski definition) is 1. The lowest BCUT2D eigenvalue weighted by molar-refractivity contribution is 0.000621. The van der Waals surface area contributed by atoms with E-state index in [2.05, 4.69) is 0 Å². The fraction of sp³-hybridized carbons (Fsp3) is 0.500. The molecule has 0 saturated heterocycles. The molecule has 0 heterocycles. The average Bonchev–Trinajstić information content (AvgIpc) is 2.28. The van der Waals surface area contributed by atoms with Crippen LogP contribution in [0.3, 0.4) is 0 Å². The first-order valence-electron chi connectivity index (χ1n) is 5.25. The van der Waals surface area contributed by atoms with Gasteiger partial charge >= 0.3 is 0 Å². The fourth-order valence-corrected chi connectivity index (χ4v) is 1.37. The lowest BCUT2D eigenvalue weighted by Crippen LogP contribution is -2.16. The Morgan fingerprint density at radius 1 is 1.25 bits per heavy atom. The lowest BCUT2D eigenvalue weighted by Gasteiger charge is -2.18. The summed E-state index contributed by atoms with van der Waals surface area (Å²) in [5.41, 5.74) is 0.483. The zero-order valence-corrected chi connectivity index (χ0v) is 9.36. The normalized spacial score (nSPS) is 14.9. The van der Waals surface area contributed by atoms with Gasteiger partial charge in [0.1, 0.15) is 5.75 Å². The van der Waals surface area contributed by atoms with Gasteiger partial charge in [-0.15, -0.1) is 0 Å². The molecule has 90 valence electrons. The number of aliphatic hydroxyl groups excluding tert-OH is 1. The summed E-state index contributed by atoms with van der Waals surface area (Å²) in [6.45, 7) is 3.74. The van der Waals surface area contributed by atoms with Crippen LogP contribution < -0.4 is 4.74 Å². The van der Waals surface area contributed by atoms with Crippen LogP contribution in [-0.4, -0.2) is 18.1 Å². The molecule has 0 amide bonds. The molecule has 0 fully saturated rings. The molecule has 0 spiro atoms. The molecule has 0 aliphatic carbocycles. The highest BCUT2D eigenvalue weighted by atomic mass is 19.3. The third-order valence-electron chi connectivity index (χ3n) is 2.43. The molecule has 0 aliphatic heterocycles. The van der Waals surface area contributed by atoms with Crippen LogP contribution in [0.2, 0.25) is 0 Å². The summed E-state index contributed by atoms with van der Waals surface area (Å²) in [6, 6.07) is 6.55. The third-order valence-corrected chi connectivity index (χ3v) is 2.43. The summed E-state index contributed by atoms with van der Waals surface area (Å²) in [7, 11) is 0. The molecule has 1 N–H and O–H groups in total. The summed E-state index contributed by atoms with van der Waals surface area (Å²) in [5.74, 6) is -0.402. The van der Waals surface area contributed by atoms with Gasteiger partial charge in [-0.1, -0.05) is 19.1 Å². The van der Waals surface area contributed by atoms with Gasteiger partial charge in [0.15, 0.2) is 0 Å². The van der Waals surface area contributed by atoms with E-state index in [0.717, 1.165) is 0 Å². The molecule has 16 heavy (non-hydrogen) atoms. The maximum atomic E-state index is 12.4. The maximum absolute atomic E-state index is 12.4. The molecule has 1 rings (SSSR count). The van der Waals surface area contributed by atoms with Gasteiger partial charge in [-0.3, -0.25) is 0 Å². The van der Waals surface area contributed by atoms with Gasteiger partial charge in [0.05, 0.1) is 12.7 Å². The predicted molar refractivity (Wildman–Crippen MR) is 57.7 cm³/mol. The molecule has 2 atom stereocenters. The van der Waals surface area contributed by atoms with Crippen LogP contribution in [0.1, 0.15) is 25.5 Å². The standard InChI is InChI=1S/C12H16F2O2/c1-3-16-10-6-4-9(5-7-10)11(15)8(2)12(13)14/h4-8,11-12,15H,3H2,1-2H3. The van der Waals surface area contributed by atoms with Crippen LogP contribution in [0.5, 0.6) is 5.75 Å². The van der Waals surface area contributed by atoms with E-state index in [1.54, 1.807) is 24.3 Å². The largest absolute Gasteiger partial charge is 0.494 e. The fourth-order valence-electron chi connectivity index (χ4n) is 1.37. The van der Waals surface area contributed by atoms with Crippen molar-refractivity contribution >= 4 is 0 Å². The van der Waals surface area contributed by atoms with E-state index in [4.69, 9.17) is 4.74 Å². The number of aliphatic hydroxyl groups is 1. The Hall–Kier alpha value is -1.16. The SMILES string of the molecule is CCOc1ccc(C(O)C(C)C(F)F)cc1. The van der Waals surface area contributed by atoms with Crippen LogP contribution in [0, 0.1) is 5.92 Å². The van der Waals surface area contributed by atoms with E-state index >= 15 is 0 Å². The van der Waals surface area contributed by atoms with Crippen LogP contribution in [0.4, 0.5) is 8.78 Å². The molecule has 1 aromatic carbocycles. The molecule has 0 radical (unpaired) electrons. The molecular formula is C12H16F2O2. The van der Waals surface area contributed by atoms with Gasteiger partial charge in [0, 0.05) is 5.92 Å². The minimum atomic E-state index is -2.53. The Morgan fingerprint density at radius 2 is 1.81 bits per heavy atom. The van der Waals surface area contributed by atoms with Crippen molar-refractivity contribution in [2.24, 2.45) is 5.92 Å². The van der Waals surface area contributed by atoms with Gasteiger partial charge in [-0.2, -0.15) is 0 Å². The second-order valence-electron chi connectivity index (χ2n) is 3.64. The molecule has 0 aromatic heterocycles. The Labute approximate surface area is 93.9 Å². The third kappa shape index (κ3) is 3.17. The molecule has 0 aliphatic rings. The van der Waals surface area contributed by atoms with Gasteiger partial charge in [0.2, 0.25) is 6.43 Å². The number of ether oxygens (including phenoxy) is 1. The van der Waals surface area contributed by atoms with E-state index < -0.39 is 18.4 Å². The lowest BCUT2D eigenvalue weighted by atomic mass is 9.98. The number of alkyl halides is 2. The molecule has 2 unspecified atom stereocenters. The first-order chi connectivity index (χ1) is 7.56. The van der Waals surface area contributed by atoms with Crippen molar-refractivity contribution in [3.05, 3.63) is 29.8 Å². The first kappa shape index (κ1) is 12.9. The Morgan fingerprint density at radius 3 is 2.25 bits per heavy atom. The summed E-state index contributed by atoms with van der Waals surface area (Å²) < 4.78 is 30.0. The number of benzene rings is 1. The van der Waals surface area contributed by atoms with Crippen molar-refractivity contribution in [3.63, 3.8) is 0 Å². The molecule has 0 saturated carbocycles. The number of rotatable bonds is 5. The van der Waals surface area contributed by atoms with Gasteiger partial charge in [-0.05, 0) is 24.6 Å². The quantitative estimate of drug-likeness (QED) is 0.842. The molecular weight excluding hydrogens is 214 g/mol. The highest BCUT2D eigenvalue weighted by molar-refractivity contribution is 5.28.